The molecule has 2 fully saturated rings. The van der Waals surface area contributed by atoms with Crippen molar-refractivity contribution in [2.24, 2.45) is 5.92 Å². The normalized spacial score (nSPS) is 29.2. The maximum Gasteiger partial charge on any atom is 0.306 e. The number of aliphatic carboxylic acids is 1. The van der Waals surface area contributed by atoms with Crippen LogP contribution in [-0.4, -0.2) is 72.1 Å². The summed E-state index contributed by atoms with van der Waals surface area (Å²) in [6, 6.07) is 0.0327. The van der Waals surface area contributed by atoms with Crippen LogP contribution in [0.5, 0.6) is 0 Å². The maximum atomic E-state index is 12.3. The number of nitrogens with one attached hydrogen (secondary N) is 1. The predicted molar refractivity (Wildman–Crippen MR) is 70.8 cm³/mol. The molecule has 2 saturated heterocycles. The van der Waals surface area contributed by atoms with Crippen molar-refractivity contribution in [3.63, 3.8) is 0 Å². The number of carboxylic acid groups (broad SMARTS) is 1. The van der Waals surface area contributed by atoms with E-state index in [1.807, 2.05) is 11.8 Å². The fourth-order valence-electron chi connectivity index (χ4n) is 2.92. The Morgan fingerprint density at radius 2 is 1.95 bits per heavy atom. The van der Waals surface area contributed by atoms with Crippen molar-refractivity contribution < 1.29 is 14.7 Å². The molecule has 19 heavy (non-hydrogen) atoms. The number of amides is 1. The number of hydrogen-bond donors (Lipinski definition) is 2. The number of carbonyl (C=O) groups excluding carboxylic acids is 1. The second-order valence-corrected chi connectivity index (χ2v) is 5.52. The number of likely N-dealkylation sites (tertiary alicyclic amines) is 1. The Morgan fingerprint density at radius 1 is 1.26 bits per heavy atom. The summed E-state index contributed by atoms with van der Waals surface area (Å²) in [5, 5.41) is 12.3. The average molecular weight is 269 g/mol. The molecule has 0 aliphatic carbocycles. The molecular weight excluding hydrogens is 246 g/mol. The van der Waals surface area contributed by atoms with Gasteiger partial charge in [-0.15, -0.1) is 0 Å². The van der Waals surface area contributed by atoms with Gasteiger partial charge in [-0.1, -0.05) is 0 Å². The van der Waals surface area contributed by atoms with Gasteiger partial charge in [0.1, 0.15) is 0 Å². The molecule has 2 N–H and O–H groups in total. The topological polar surface area (TPSA) is 72.9 Å². The fourth-order valence-corrected chi connectivity index (χ4v) is 2.92. The van der Waals surface area contributed by atoms with Crippen molar-refractivity contribution in [3.05, 3.63) is 0 Å². The van der Waals surface area contributed by atoms with E-state index >= 15 is 0 Å². The van der Waals surface area contributed by atoms with Crippen molar-refractivity contribution in [1.82, 2.24) is 15.1 Å². The molecule has 6 nitrogen and oxygen atoms in total. The lowest BCUT2D eigenvalue weighted by Crippen LogP contribution is -2.52. The van der Waals surface area contributed by atoms with E-state index in [-0.39, 0.29) is 17.9 Å². The molecule has 0 saturated carbocycles. The molecule has 0 aromatic carbocycles. The van der Waals surface area contributed by atoms with Crippen LogP contribution in [0.2, 0.25) is 0 Å². The molecule has 0 radical (unpaired) electrons. The van der Waals surface area contributed by atoms with Crippen molar-refractivity contribution in [2.45, 2.75) is 25.8 Å². The highest BCUT2D eigenvalue weighted by molar-refractivity contribution is 5.79. The number of piperidine rings is 1. The molecular formula is C13H23N3O3. The lowest BCUT2D eigenvalue weighted by Gasteiger charge is -2.38. The summed E-state index contributed by atoms with van der Waals surface area (Å²) in [5.41, 5.74) is 0. The number of rotatable bonds is 3. The first kappa shape index (κ1) is 14.3. The Morgan fingerprint density at radius 3 is 2.53 bits per heavy atom. The summed E-state index contributed by atoms with van der Waals surface area (Å²) in [4.78, 5) is 27.3. The van der Waals surface area contributed by atoms with Gasteiger partial charge < -0.3 is 15.3 Å². The minimum atomic E-state index is -0.735. The summed E-state index contributed by atoms with van der Waals surface area (Å²) in [5.74, 6) is -0.891. The van der Waals surface area contributed by atoms with E-state index < -0.39 is 5.97 Å². The largest absolute Gasteiger partial charge is 0.481 e. The molecule has 2 rings (SSSR count). The first-order valence-electron chi connectivity index (χ1n) is 7.03. The van der Waals surface area contributed by atoms with Gasteiger partial charge in [0.15, 0.2) is 0 Å². The summed E-state index contributed by atoms with van der Waals surface area (Å²) in [6.07, 6.45) is 1.15. The summed E-state index contributed by atoms with van der Waals surface area (Å²) in [6.45, 7) is 6.67. The Balaban J connectivity index is 1.84. The Bertz CT molecular complexity index is 342. The zero-order chi connectivity index (χ0) is 13.8. The minimum absolute atomic E-state index is 0.0327. The number of piperazine rings is 1. The first-order chi connectivity index (χ1) is 9.08. The monoisotopic (exact) mass is 269 g/mol. The smallest absolute Gasteiger partial charge is 0.306 e. The van der Waals surface area contributed by atoms with Gasteiger partial charge in [-0.2, -0.15) is 0 Å². The van der Waals surface area contributed by atoms with E-state index in [4.69, 9.17) is 5.11 Å². The van der Waals surface area contributed by atoms with Gasteiger partial charge in [0.25, 0.3) is 0 Å². The highest BCUT2D eigenvalue weighted by Gasteiger charge is 2.32. The van der Waals surface area contributed by atoms with Crippen molar-refractivity contribution in [2.75, 3.05) is 39.3 Å². The van der Waals surface area contributed by atoms with Crippen LogP contribution in [0, 0.1) is 5.92 Å². The molecule has 2 aliphatic heterocycles. The molecule has 0 aromatic heterocycles. The van der Waals surface area contributed by atoms with Gasteiger partial charge in [0, 0.05) is 38.8 Å². The van der Waals surface area contributed by atoms with Crippen molar-refractivity contribution >= 4 is 11.9 Å². The molecule has 2 unspecified atom stereocenters. The van der Waals surface area contributed by atoms with Crippen LogP contribution >= 0.6 is 0 Å². The van der Waals surface area contributed by atoms with E-state index in [0.29, 0.717) is 25.9 Å². The average Bonchev–Trinajstić information content (AvgIpc) is 2.39. The zero-order valence-corrected chi connectivity index (χ0v) is 11.5. The van der Waals surface area contributed by atoms with E-state index in [9.17, 15) is 9.59 Å². The first-order valence-corrected chi connectivity index (χ1v) is 7.03. The molecule has 6 heteroatoms. The molecule has 0 spiro atoms. The van der Waals surface area contributed by atoms with Gasteiger partial charge in [0.05, 0.1) is 12.5 Å². The van der Waals surface area contributed by atoms with Gasteiger partial charge >= 0.3 is 5.97 Å². The highest BCUT2D eigenvalue weighted by atomic mass is 16.4. The van der Waals surface area contributed by atoms with Gasteiger partial charge in [-0.25, -0.2) is 0 Å². The minimum Gasteiger partial charge on any atom is -0.481 e. The van der Waals surface area contributed by atoms with Crippen LogP contribution in [0.15, 0.2) is 0 Å². The van der Waals surface area contributed by atoms with Gasteiger partial charge in [0.2, 0.25) is 5.91 Å². The maximum absolute atomic E-state index is 12.3. The van der Waals surface area contributed by atoms with E-state index in [0.717, 1.165) is 26.2 Å². The lowest BCUT2D eigenvalue weighted by molar-refractivity contribution is -0.147. The second kappa shape index (κ2) is 6.34. The third kappa shape index (κ3) is 3.67. The predicted octanol–water partition coefficient (Wildman–Crippen LogP) is -0.397. The van der Waals surface area contributed by atoms with Crippen LogP contribution in [0.25, 0.3) is 0 Å². The Labute approximate surface area is 113 Å². The fraction of sp³-hybridized carbons (Fsp3) is 0.846. The lowest BCUT2D eigenvalue weighted by atomic mass is 9.91. The quantitative estimate of drug-likeness (QED) is 0.729. The van der Waals surface area contributed by atoms with Crippen LogP contribution in [-0.2, 0) is 9.59 Å². The van der Waals surface area contributed by atoms with Crippen LogP contribution < -0.4 is 5.32 Å². The van der Waals surface area contributed by atoms with E-state index in [2.05, 4.69) is 10.2 Å². The van der Waals surface area contributed by atoms with Crippen molar-refractivity contribution in [1.29, 1.82) is 0 Å². The van der Waals surface area contributed by atoms with E-state index in [1.54, 1.807) is 0 Å². The summed E-state index contributed by atoms with van der Waals surface area (Å²) < 4.78 is 0. The zero-order valence-electron chi connectivity index (χ0n) is 11.5. The Hall–Kier alpha value is -1.14. The SMILES string of the molecule is CC1CC(C(=O)O)CCN1C(=O)CN1CCNCC1. The highest BCUT2D eigenvalue weighted by Crippen LogP contribution is 2.23. The van der Waals surface area contributed by atoms with Gasteiger partial charge in [-0.05, 0) is 19.8 Å². The second-order valence-electron chi connectivity index (χ2n) is 5.52. The third-order valence-corrected chi connectivity index (χ3v) is 4.11. The summed E-state index contributed by atoms with van der Waals surface area (Å²) in [7, 11) is 0. The molecule has 1 amide bonds. The molecule has 108 valence electrons. The van der Waals surface area contributed by atoms with Crippen LogP contribution in [0.4, 0.5) is 0 Å². The molecule has 2 heterocycles. The number of nitrogens with zero attached hydrogens (tertiary/aromatic N) is 2. The number of carboxylic acids is 1. The third-order valence-electron chi connectivity index (χ3n) is 4.11. The van der Waals surface area contributed by atoms with Crippen molar-refractivity contribution in [3.8, 4) is 0 Å². The standard InChI is InChI=1S/C13H23N3O3/c1-10-8-11(13(18)19)2-5-16(10)12(17)9-15-6-3-14-4-7-15/h10-11,14H,2-9H2,1H3,(H,18,19). The number of hydrogen-bond acceptors (Lipinski definition) is 4. The molecule has 2 atom stereocenters. The van der Waals surface area contributed by atoms with E-state index in [1.165, 1.54) is 0 Å². The molecule has 0 aromatic rings. The van der Waals surface area contributed by atoms with Crippen LogP contribution in [0.1, 0.15) is 19.8 Å². The van der Waals surface area contributed by atoms with Gasteiger partial charge in [-0.3, -0.25) is 14.5 Å². The molecule has 0 bridgehead atoms. The van der Waals surface area contributed by atoms with Crippen LogP contribution in [0.3, 0.4) is 0 Å². The number of carbonyl (C=O) groups is 2. The Kier molecular flexibility index (Phi) is 4.76. The molecule has 2 aliphatic rings. The summed E-state index contributed by atoms with van der Waals surface area (Å²) >= 11 is 0.